The Morgan fingerprint density at radius 1 is 0.788 bits per heavy atom. The highest BCUT2D eigenvalue weighted by Gasteiger charge is 2.16. The molecule has 9 nitrogen and oxygen atoms in total. The second-order valence-corrected chi connectivity index (χ2v) is 7.00. The smallest absolute Gasteiger partial charge is 0.257 e. The molecule has 0 saturated carbocycles. The normalized spacial score (nSPS) is 10.2. The summed E-state index contributed by atoms with van der Waals surface area (Å²) in [6, 6.07) is 8.94. The van der Waals surface area contributed by atoms with E-state index in [1.807, 2.05) is 19.1 Å². The molecule has 0 aromatic heterocycles. The van der Waals surface area contributed by atoms with Gasteiger partial charge in [0.05, 0.1) is 28.4 Å². The van der Waals surface area contributed by atoms with Crippen LogP contribution < -0.4 is 34.3 Å². The van der Waals surface area contributed by atoms with Gasteiger partial charge in [0.1, 0.15) is 0 Å². The van der Waals surface area contributed by atoms with E-state index in [1.165, 1.54) is 7.11 Å². The highest BCUT2D eigenvalue weighted by Crippen LogP contribution is 2.40. The Labute approximate surface area is 194 Å². The zero-order valence-corrected chi connectivity index (χ0v) is 19.8. The fourth-order valence-corrected chi connectivity index (χ4v) is 3.23. The Bertz CT molecular complexity index is 947. The number of nitrogens with one attached hydrogen (secondary N) is 2. The highest BCUT2D eigenvalue weighted by atomic mass is 16.5. The van der Waals surface area contributed by atoms with E-state index in [0.29, 0.717) is 48.3 Å². The van der Waals surface area contributed by atoms with Crippen LogP contribution in [-0.2, 0) is 22.6 Å². The number of methoxy groups -OCH3 is 4. The van der Waals surface area contributed by atoms with Gasteiger partial charge in [0.15, 0.2) is 29.6 Å². The maximum atomic E-state index is 12.4. The first-order chi connectivity index (χ1) is 16.0. The van der Waals surface area contributed by atoms with Gasteiger partial charge in [0.2, 0.25) is 11.7 Å². The number of likely N-dealkylation sites (N-methyl/N-ethyl adjacent to an activating group) is 1. The summed E-state index contributed by atoms with van der Waals surface area (Å²) in [7, 11) is 6.17. The number of carbonyl (C=O) groups is 2. The van der Waals surface area contributed by atoms with Gasteiger partial charge >= 0.3 is 0 Å². The molecule has 180 valence electrons. The second kappa shape index (κ2) is 13.0. The third kappa shape index (κ3) is 7.20. The molecule has 33 heavy (non-hydrogen) atoms. The van der Waals surface area contributed by atoms with Crippen molar-refractivity contribution >= 4 is 11.8 Å². The summed E-state index contributed by atoms with van der Waals surface area (Å²) in [5.74, 6) is 2.25. The first-order valence-corrected chi connectivity index (χ1v) is 10.6. The van der Waals surface area contributed by atoms with E-state index >= 15 is 0 Å². The molecule has 0 saturated heterocycles. The summed E-state index contributed by atoms with van der Waals surface area (Å²) in [5, 5.41) is 5.57. The SMILES string of the molecule is CCNC(=O)COc1ccc(CNC(=O)CCc2ccc(OC)c(OC)c2OC)cc1OC. The molecule has 0 aliphatic carbocycles. The molecule has 0 fully saturated rings. The van der Waals surface area contributed by atoms with Crippen LogP contribution in [0.5, 0.6) is 28.7 Å². The van der Waals surface area contributed by atoms with Crippen molar-refractivity contribution in [1.82, 2.24) is 10.6 Å². The maximum absolute atomic E-state index is 12.4. The molecule has 0 aliphatic rings. The van der Waals surface area contributed by atoms with Crippen LogP contribution in [0.4, 0.5) is 0 Å². The zero-order chi connectivity index (χ0) is 24.2. The van der Waals surface area contributed by atoms with E-state index in [4.69, 9.17) is 23.7 Å². The molecule has 2 N–H and O–H groups in total. The molecular weight excluding hydrogens is 428 g/mol. The first-order valence-electron chi connectivity index (χ1n) is 10.6. The van der Waals surface area contributed by atoms with E-state index in [0.717, 1.165) is 11.1 Å². The molecule has 2 amide bonds. The number of aryl methyl sites for hydroxylation is 1. The molecule has 2 aromatic carbocycles. The van der Waals surface area contributed by atoms with E-state index < -0.39 is 0 Å². The maximum Gasteiger partial charge on any atom is 0.257 e. The van der Waals surface area contributed by atoms with Crippen molar-refractivity contribution < 1.29 is 33.3 Å². The predicted molar refractivity (Wildman–Crippen MR) is 123 cm³/mol. The van der Waals surface area contributed by atoms with Gasteiger partial charge in [-0.1, -0.05) is 12.1 Å². The molecule has 0 atom stereocenters. The van der Waals surface area contributed by atoms with Gasteiger partial charge in [-0.15, -0.1) is 0 Å². The number of hydrogen-bond acceptors (Lipinski definition) is 7. The molecule has 2 aromatic rings. The van der Waals surface area contributed by atoms with Gasteiger partial charge in [-0.2, -0.15) is 0 Å². The van der Waals surface area contributed by atoms with Gasteiger partial charge in [-0.05, 0) is 42.7 Å². The van der Waals surface area contributed by atoms with Crippen molar-refractivity contribution in [2.75, 3.05) is 41.6 Å². The van der Waals surface area contributed by atoms with Crippen molar-refractivity contribution in [3.05, 3.63) is 41.5 Å². The molecule has 9 heteroatoms. The van der Waals surface area contributed by atoms with Gasteiger partial charge < -0.3 is 34.3 Å². The highest BCUT2D eigenvalue weighted by molar-refractivity contribution is 5.77. The quantitative estimate of drug-likeness (QED) is 0.473. The summed E-state index contributed by atoms with van der Waals surface area (Å²) in [4.78, 5) is 24.0. The second-order valence-electron chi connectivity index (χ2n) is 7.00. The van der Waals surface area contributed by atoms with Gasteiger partial charge in [-0.3, -0.25) is 9.59 Å². The van der Waals surface area contributed by atoms with Crippen LogP contribution in [0.25, 0.3) is 0 Å². The number of rotatable bonds is 13. The molecule has 0 aliphatic heterocycles. The number of benzene rings is 2. The molecule has 0 radical (unpaired) electrons. The number of hydrogen-bond donors (Lipinski definition) is 2. The lowest BCUT2D eigenvalue weighted by Gasteiger charge is -2.15. The van der Waals surface area contributed by atoms with Gasteiger partial charge in [0, 0.05) is 19.5 Å². The van der Waals surface area contributed by atoms with Crippen molar-refractivity contribution in [2.45, 2.75) is 26.3 Å². The van der Waals surface area contributed by atoms with Gasteiger partial charge in [-0.25, -0.2) is 0 Å². The lowest BCUT2D eigenvalue weighted by molar-refractivity contribution is -0.123. The summed E-state index contributed by atoms with van der Waals surface area (Å²) in [5.41, 5.74) is 1.69. The van der Waals surface area contributed by atoms with Crippen LogP contribution in [0.2, 0.25) is 0 Å². The van der Waals surface area contributed by atoms with Crippen LogP contribution >= 0.6 is 0 Å². The van der Waals surface area contributed by atoms with Crippen LogP contribution in [-0.4, -0.2) is 53.4 Å². The third-order valence-electron chi connectivity index (χ3n) is 4.86. The van der Waals surface area contributed by atoms with E-state index in [2.05, 4.69) is 10.6 Å². The van der Waals surface area contributed by atoms with Crippen LogP contribution in [0.3, 0.4) is 0 Å². The summed E-state index contributed by atoms with van der Waals surface area (Å²) in [6.45, 7) is 2.61. The number of ether oxygens (including phenoxy) is 5. The minimum atomic E-state index is -0.206. The summed E-state index contributed by atoms with van der Waals surface area (Å²) in [6.07, 6.45) is 0.752. The topological polar surface area (TPSA) is 104 Å². The Morgan fingerprint density at radius 3 is 2.12 bits per heavy atom. The van der Waals surface area contributed by atoms with Crippen molar-refractivity contribution in [1.29, 1.82) is 0 Å². The fourth-order valence-electron chi connectivity index (χ4n) is 3.23. The number of carbonyl (C=O) groups excluding carboxylic acids is 2. The van der Waals surface area contributed by atoms with Crippen molar-refractivity contribution in [3.63, 3.8) is 0 Å². The predicted octanol–water partition coefficient (Wildman–Crippen LogP) is 2.48. The lowest BCUT2D eigenvalue weighted by Crippen LogP contribution is -2.28. The van der Waals surface area contributed by atoms with Crippen LogP contribution in [0.1, 0.15) is 24.5 Å². The Hall–Kier alpha value is -3.62. The van der Waals surface area contributed by atoms with E-state index in [-0.39, 0.29) is 24.8 Å². The monoisotopic (exact) mass is 460 g/mol. The van der Waals surface area contributed by atoms with Crippen molar-refractivity contribution in [3.8, 4) is 28.7 Å². The molecule has 0 bridgehead atoms. The largest absolute Gasteiger partial charge is 0.493 e. The third-order valence-corrected chi connectivity index (χ3v) is 4.86. The molecular formula is C24H32N2O7. The fraction of sp³-hybridized carbons (Fsp3) is 0.417. The van der Waals surface area contributed by atoms with Crippen LogP contribution in [0, 0.1) is 0 Å². The Morgan fingerprint density at radius 2 is 1.48 bits per heavy atom. The summed E-state index contributed by atoms with van der Waals surface area (Å²) >= 11 is 0. The average molecular weight is 461 g/mol. The molecule has 2 rings (SSSR count). The Kier molecular flexibility index (Phi) is 10.1. The van der Waals surface area contributed by atoms with E-state index in [1.54, 1.807) is 39.5 Å². The van der Waals surface area contributed by atoms with E-state index in [9.17, 15) is 9.59 Å². The number of amides is 2. The minimum absolute atomic E-state index is 0.0973. The van der Waals surface area contributed by atoms with Crippen molar-refractivity contribution in [2.24, 2.45) is 0 Å². The average Bonchev–Trinajstić information content (AvgIpc) is 2.84. The first kappa shape index (κ1) is 25.6. The van der Waals surface area contributed by atoms with Crippen LogP contribution in [0.15, 0.2) is 30.3 Å². The Balaban J connectivity index is 1.94. The summed E-state index contributed by atoms with van der Waals surface area (Å²) < 4.78 is 27.0. The molecule has 0 unspecified atom stereocenters. The minimum Gasteiger partial charge on any atom is -0.493 e. The molecule has 0 heterocycles. The lowest BCUT2D eigenvalue weighted by atomic mass is 10.1. The zero-order valence-electron chi connectivity index (χ0n) is 19.8. The standard InChI is InChI=1S/C24H32N2O7/c1-6-25-22(28)15-33-18-10-7-16(13-20(18)30-3)14-26-21(27)12-9-17-8-11-19(29-2)24(32-5)23(17)31-4/h7-8,10-11,13H,6,9,12,14-15H2,1-5H3,(H,25,28)(H,26,27). The molecule has 0 spiro atoms. The van der Waals surface area contributed by atoms with Gasteiger partial charge in [0.25, 0.3) is 5.91 Å².